The number of amides is 1. The molecule has 0 bridgehead atoms. The summed E-state index contributed by atoms with van der Waals surface area (Å²) in [6.07, 6.45) is 3.03. The smallest absolute Gasteiger partial charge is 0.297 e. The number of benzene rings is 2. The van der Waals surface area contributed by atoms with Crippen LogP contribution in [0.3, 0.4) is 0 Å². The number of nitrogens with zero attached hydrogens (tertiary/aromatic N) is 3. The zero-order valence-electron chi connectivity index (χ0n) is 16.7. The molecule has 2 aromatic heterocycles. The Morgan fingerprint density at radius 3 is 2.61 bits per heavy atom. The SMILES string of the molecule is COc1cc(C2c3c(oc4ccc(C)cc4c3=O)C(=O)N2c2ncccn2)ccc1O. The average Bonchev–Trinajstić information content (AvgIpc) is 3.08. The maximum absolute atomic E-state index is 13.5. The topological polar surface area (TPSA) is 106 Å². The fourth-order valence-corrected chi connectivity index (χ4v) is 3.89. The van der Waals surface area contributed by atoms with E-state index in [2.05, 4.69) is 9.97 Å². The number of methoxy groups -OCH3 is 1. The molecule has 0 aliphatic carbocycles. The number of fused-ring (bicyclic) bond motifs is 2. The van der Waals surface area contributed by atoms with Gasteiger partial charge in [-0.1, -0.05) is 17.7 Å². The molecular weight excluding hydrogens is 398 g/mol. The van der Waals surface area contributed by atoms with Crippen LogP contribution in [0.2, 0.25) is 0 Å². The van der Waals surface area contributed by atoms with Gasteiger partial charge in [-0.25, -0.2) is 9.97 Å². The molecule has 154 valence electrons. The summed E-state index contributed by atoms with van der Waals surface area (Å²) in [5.41, 5.74) is 1.68. The zero-order valence-corrected chi connectivity index (χ0v) is 16.7. The van der Waals surface area contributed by atoms with Gasteiger partial charge in [-0.05, 0) is 42.8 Å². The second-order valence-corrected chi connectivity index (χ2v) is 7.23. The quantitative estimate of drug-likeness (QED) is 0.547. The fourth-order valence-electron chi connectivity index (χ4n) is 3.89. The van der Waals surface area contributed by atoms with Crippen LogP contribution in [0.5, 0.6) is 11.5 Å². The first kappa shape index (κ1) is 18.8. The fraction of sp³-hybridized carbons (Fsp3) is 0.130. The molecule has 31 heavy (non-hydrogen) atoms. The minimum Gasteiger partial charge on any atom is -0.504 e. The maximum atomic E-state index is 13.5. The molecule has 1 aliphatic rings. The van der Waals surface area contributed by atoms with Crippen molar-refractivity contribution in [2.75, 3.05) is 12.0 Å². The minimum absolute atomic E-state index is 0.0501. The monoisotopic (exact) mass is 415 g/mol. The third kappa shape index (κ3) is 2.83. The number of aromatic hydroxyl groups is 1. The summed E-state index contributed by atoms with van der Waals surface area (Å²) in [5.74, 6) is -0.271. The molecule has 0 saturated heterocycles. The van der Waals surface area contributed by atoms with Gasteiger partial charge in [0.05, 0.1) is 24.1 Å². The predicted octanol–water partition coefficient (Wildman–Crippen LogP) is 3.36. The Hall–Kier alpha value is -4.20. The number of aromatic nitrogens is 2. The molecule has 4 aromatic rings. The van der Waals surface area contributed by atoms with Crippen LogP contribution >= 0.6 is 0 Å². The number of anilines is 1. The van der Waals surface area contributed by atoms with Gasteiger partial charge in [-0.3, -0.25) is 14.5 Å². The highest BCUT2D eigenvalue weighted by Gasteiger charge is 2.45. The molecule has 0 saturated carbocycles. The first-order chi connectivity index (χ1) is 15.0. The van der Waals surface area contributed by atoms with Crippen molar-refractivity contribution >= 4 is 22.8 Å². The maximum Gasteiger partial charge on any atom is 0.297 e. The van der Waals surface area contributed by atoms with Gasteiger partial charge in [-0.2, -0.15) is 0 Å². The zero-order chi connectivity index (χ0) is 21.7. The number of rotatable bonds is 3. The van der Waals surface area contributed by atoms with Gasteiger partial charge < -0.3 is 14.3 Å². The number of hydrogen-bond donors (Lipinski definition) is 1. The number of carbonyl (C=O) groups is 1. The largest absolute Gasteiger partial charge is 0.504 e. The molecular formula is C23H17N3O5. The van der Waals surface area contributed by atoms with E-state index in [-0.39, 0.29) is 34.2 Å². The Kier molecular flexibility index (Phi) is 4.21. The predicted molar refractivity (Wildman–Crippen MR) is 113 cm³/mol. The number of phenols is 1. The van der Waals surface area contributed by atoms with Crippen molar-refractivity contribution in [3.8, 4) is 11.5 Å². The highest BCUT2D eigenvalue weighted by atomic mass is 16.5. The third-order valence-corrected chi connectivity index (χ3v) is 5.31. The van der Waals surface area contributed by atoms with Crippen molar-refractivity contribution in [3.63, 3.8) is 0 Å². The molecule has 3 heterocycles. The number of phenolic OH excluding ortho intramolecular Hbond substituents is 1. The Bertz CT molecular complexity index is 1400. The van der Waals surface area contributed by atoms with E-state index in [0.717, 1.165) is 5.56 Å². The summed E-state index contributed by atoms with van der Waals surface area (Å²) < 4.78 is 11.1. The normalized spacial score (nSPS) is 15.4. The molecule has 2 aromatic carbocycles. The summed E-state index contributed by atoms with van der Waals surface area (Å²) >= 11 is 0. The van der Waals surface area contributed by atoms with Crippen LogP contribution in [-0.2, 0) is 0 Å². The lowest BCUT2D eigenvalue weighted by molar-refractivity contribution is 0.0969. The van der Waals surface area contributed by atoms with E-state index in [1.54, 1.807) is 30.3 Å². The lowest BCUT2D eigenvalue weighted by Crippen LogP contribution is -2.31. The lowest BCUT2D eigenvalue weighted by atomic mass is 9.98. The first-order valence-corrected chi connectivity index (χ1v) is 9.54. The molecule has 1 atom stereocenters. The number of ether oxygens (including phenoxy) is 1. The van der Waals surface area contributed by atoms with E-state index in [1.807, 2.05) is 13.0 Å². The Morgan fingerprint density at radius 1 is 1.10 bits per heavy atom. The van der Waals surface area contributed by atoms with Crippen LogP contribution in [0.1, 0.15) is 33.3 Å². The molecule has 0 radical (unpaired) electrons. The Morgan fingerprint density at radius 2 is 1.87 bits per heavy atom. The molecule has 5 rings (SSSR count). The summed E-state index contributed by atoms with van der Waals surface area (Å²) in [6, 6.07) is 10.7. The highest BCUT2D eigenvalue weighted by molar-refractivity contribution is 6.09. The number of aryl methyl sites for hydroxylation is 1. The Labute approximate surface area is 176 Å². The van der Waals surface area contributed by atoms with Crippen molar-refractivity contribution in [1.29, 1.82) is 0 Å². The van der Waals surface area contributed by atoms with Crippen LogP contribution in [0, 0.1) is 6.92 Å². The lowest BCUT2D eigenvalue weighted by Gasteiger charge is -2.23. The van der Waals surface area contributed by atoms with E-state index >= 15 is 0 Å². The molecule has 8 heteroatoms. The van der Waals surface area contributed by atoms with Crippen molar-refractivity contribution in [2.45, 2.75) is 13.0 Å². The number of carbonyl (C=O) groups excluding carboxylic acids is 1. The van der Waals surface area contributed by atoms with Gasteiger partial charge in [0.1, 0.15) is 5.58 Å². The van der Waals surface area contributed by atoms with E-state index in [9.17, 15) is 14.7 Å². The van der Waals surface area contributed by atoms with E-state index in [4.69, 9.17) is 9.15 Å². The molecule has 0 spiro atoms. The summed E-state index contributed by atoms with van der Waals surface area (Å²) in [4.78, 5) is 36.7. The van der Waals surface area contributed by atoms with Crippen LogP contribution in [-0.4, -0.2) is 28.1 Å². The van der Waals surface area contributed by atoms with Crippen molar-refractivity contribution < 1.29 is 19.1 Å². The molecule has 1 amide bonds. The van der Waals surface area contributed by atoms with Crippen LogP contribution in [0.15, 0.2) is 64.1 Å². The third-order valence-electron chi connectivity index (χ3n) is 5.31. The standard InChI is InChI=1S/C23H17N3O5/c1-12-4-7-16-14(10-12)20(28)18-19(13-5-6-15(27)17(11-13)30-2)26(22(29)21(18)31-16)23-24-8-3-9-25-23/h3-11,19,27H,1-2H3. The van der Waals surface area contributed by atoms with Crippen LogP contribution in [0.4, 0.5) is 5.95 Å². The molecule has 0 fully saturated rings. The summed E-state index contributed by atoms with van der Waals surface area (Å²) in [5, 5.41) is 10.4. The minimum atomic E-state index is -0.847. The van der Waals surface area contributed by atoms with Gasteiger partial charge in [-0.15, -0.1) is 0 Å². The highest BCUT2D eigenvalue weighted by Crippen LogP contribution is 2.42. The second kappa shape index (κ2) is 6.94. The second-order valence-electron chi connectivity index (χ2n) is 7.23. The molecule has 1 unspecified atom stereocenters. The van der Waals surface area contributed by atoms with Gasteiger partial charge in [0.2, 0.25) is 11.7 Å². The summed E-state index contributed by atoms with van der Waals surface area (Å²) in [7, 11) is 1.43. The van der Waals surface area contributed by atoms with Crippen molar-refractivity contribution in [2.24, 2.45) is 0 Å². The first-order valence-electron chi connectivity index (χ1n) is 9.54. The van der Waals surface area contributed by atoms with Gasteiger partial charge >= 0.3 is 0 Å². The van der Waals surface area contributed by atoms with E-state index in [0.29, 0.717) is 16.5 Å². The average molecular weight is 415 g/mol. The number of hydrogen-bond acceptors (Lipinski definition) is 7. The van der Waals surface area contributed by atoms with Crippen LogP contribution < -0.4 is 15.1 Å². The van der Waals surface area contributed by atoms with Gasteiger partial charge in [0.25, 0.3) is 5.91 Å². The molecule has 1 aliphatic heterocycles. The van der Waals surface area contributed by atoms with Crippen molar-refractivity contribution in [3.05, 3.63) is 87.5 Å². The van der Waals surface area contributed by atoms with E-state index in [1.165, 1.54) is 30.5 Å². The van der Waals surface area contributed by atoms with Gasteiger partial charge in [0.15, 0.2) is 16.9 Å². The van der Waals surface area contributed by atoms with Gasteiger partial charge in [0, 0.05) is 12.4 Å². The van der Waals surface area contributed by atoms with Crippen molar-refractivity contribution in [1.82, 2.24) is 9.97 Å². The van der Waals surface area contributed by atoms with E-state index < -0.39 is 11.9 Å². The van der Waals surface area contributed by atoms with Crippen LogP contribution in [0.25, 0.3) is 11.0 Å². The summed E-state index contributed by atoms with van der Waals surface area (Å²) in [6.45, 7) is 1.88. The molecule has 1 N–H and O–H groups in total. The Balaban J connectivity index is 1.83. The molecule has 8 nitrogen and oxygen atoms in total.